The topological polar surface area (TPSA) is 55.1 Å². The number of amides is 1. The first kappa shape index (κ1) is 16.4. The largest absolute Gasteiger partial charge is 0.354 e. The van der Waals surface area contributed by atoms with Crippen molar-refractivity contribution in [2.75, 3.05) is 13.1 Å². The van der Waals surface area contributed by atoms with E-state index in [0.29, 0.717) is 13.1 Å². The molecule has 0 aliphatic heterocycles. The van der Waals surface area contributed by atoms with Crippen LogP contribution in [0.15, 0.2) is 28.7 Å². The summed E-state index contributed by atoms with van der Waals surface area (Å²) in [6.07, 6.45) is 0. The van der Waals surface area contributed by atoms with Crippen molar-refractivity contribution in [3.8, 4) is 0 Å². The third-order valence-electron chi connectivity index (χ3n) is 2.56. The maximum absolute atomic E-state index is 11.9. The van der Waals surface area contributed by atoms with Crippen molar-refractivity contribution in [2.45, 2.75) is 19.3 Å². The summed E-state index contributed by atoms with van der Waals surface area (Å²) in [5.41, 5.74) is 5.82. The fourth-order valence-electron chi connectivity index (χ4n) is 1.40. The minimum absolute atomic E-state index is 0. The first-order valence-corrected chi connectivity index (χ1v) is 6.02. The Morgan fingerprint density at radius 3 is 2.35 bits per heavy atom. The number of carbonyl (C=O) groups is 1. The lowest BCUT2D eigenvalue weighted by atomic mass is 9.84. The summed E-state index contributed by atoms with van der Waals surface area (Å²) in [6, 6.07) is 7.78. The Labute approximate surface area is 117 Å². The Hall–Kier alpha value is -0.580. The Balaban J connectivity index is 0.00000256. The Kier molecular flexibility index (Phi) is 6.75. The second-order valence-corrected chi connectivity index (χ2v) is 5.09. The van der Waals surface area contributed by atoms with E-state index in [1.807, 2.05) is 38.1 Å². The molecule has 0 heterocycles. The second-order valence-electron chi connectivity index (χ2n) is 4.18. The van der Waals surface area contributed by atoms with Crippen LogP contribution in [0.3, 0.4) is 0 Å². The smallest absolute Gasteiger partial charge is 0.230 e. The average Bonchev–Trinajstić information content (AvgIpc) is 2.26. The molecule has 1 rings (SSSR count). The highest BCUT2D eigenvalue weighted by atomic mass is 79.9. The number of nitrogens with two attached hydrogens (primary N) is 1. The van der Waals surface area contributed by atoms with Crippen molar-refractivity contribution in [2.24, 2.45) is 5.73 Å². The molecule has 3 nitrogen and oxygen atoms in total. The van der Waals surface area contributed by atoms with E-state index in [2.05, 4.69) is 21.2 Å². The highest BCUT2D eigenvalue weighted by molar-refractivity contribution is 9.10. The number of benzene rings is 1. The summed E-state index contributed by atoms with van der Waals surface area (Å²) >= 11 is 3.37. The fourth-order valence-corrected chi connectivity index (χ4v) is 1.67. The van der Waals surface area contributed by atoms with Gasteiger partial charge in [-0.2, -0.15) is 0 Å². The van der Waals surface area contributed by atoms with Gasteiger partial charge >= 0.3 is 0 Å². The van der Waals surface area contributed by atoms with Crippen LogP contribution in [-0.4, -0.2) is 19.0 Å². The predicted octanol–water partition coefficient (Wildman–Crippen LogP) is 2.22. The van der Waals surface area contributed by atoms with Gasteiger partial charge < -0.3 is 11.1 Å². The molecule has 0 aromatic heterocycles. The molecule has 96 valence electrons. The number of halogens is 2. The molecule has 0 fully saturated rings. The number of carbonyl (C=O) groups excluding carboxylic acids is 1. The molecule has 0 saturated heterocycles. The molecule has 0 bridgehead atoms. The van der Waals surface area contributed by atoms with Gasteiger partial charge in [-0.05, 0) is 31.5 Å². The molecule has 1 amide bonds. The zero-order valence-corrected chi connectivity index (χ0v) is 12.4. The normalized spacial score (nSPS) is 10.6. The average molecular weight is 322 g/mol. The van der Waals surface area contributed by atoms with Gasteiger partial charge in [-0.1, -0.05) is 28.1 Å². The van der Waals surface area contributed by atoms with Crippen molar-refractivity contribution in [3.05, 3.63) is 34.3 Å². The lowest BCUT2D eigenvalue weighted by Gasteiger charge is -2.24. The summed E-state index contributed by atoms with van der Waals surface area (Å²) in [5, 5.41) is 2.81. The van der Waals surface area contributed by atoms with E-state index in [9.17, 15) is 4.79 Å². The van der Waals surface area contributed by atoms with Crippen LogP contribution in [0.2, 0.25) is 0 Å². The minimum atomic E-state index is -0.532. The van der Waals surface area contributed by atoms with Crippen LogP contribution in [0, 0.1) is 0 Å². The minimum Gasteiger partial charge on any atom is -0.354 e. The second kappa shape index (κ2) is 6.99. The van der Waals surface area contributed by atoms with Crippen LogP contribution >= 0.6 is 28.3 Å². The van der Waals surface area contributed by atoms with E-state index in [-0.39, 0.29) is 18.3 Å². The van der Waals surface area contributed by atoms with E-state index in [1.54, 1.807) is 0 Å². The lowest BCUT2D eigenvalue weighted by molar-refractivity contribution is -0.125. The monoisotopic (exact) mass is 320 g/mol. The molecule has 3 N–H and O–H groups in total. The molecule has 0 radical (unpaired) electrons. The predicted molar refractivity (Wildman–Crippen MR) is 76.5 cm³/mol. The quantitative estimate of drug-likeness (QED) is 0.893. The van der Waals surface area contributed by atoms with Gasteiger partial charge in [-0.15, -0.1) is 12.4 Å². The van der Waals surface area contributed by atoms with Crippen molar-refractivity contribution in [1.29, 1.82) is 0 Å². The molecular weight excluding hydrogens is 304 g/mol. The highest BCUT2D eigenvalue weighted by Crippen LogP contribution is 2.24. The zero-order chi connectivity index (χ0) is 12.2. The van der Waals surface area contributed by atoms with Gasteiger partial charge in [-0.3, -0.25) is 4.79 Å². The fraction of sp³-hybridized carbons (Fsp3) is 0.417. The maximum atomic E-state index is 11.9. The molecular formula is C12H18BrClN2O. The molecule has 0 aliphatic carbocycles. The molecule has 0 saturated carbocycles. The number of rotatable bonds is 4. The van der Waals surface area contributed by atoms with Crippen molar-refractivity contribution < 1.29 is 4.79 Å². The van der Waals surface area contributed by atoms with E-state index in [0.717, 1.165) is 10.0 Å². The van der Waals surface area contributed by atoms with Crippen molar-refractivity contribution >= 4 is 34.2 Å². The standard InChI is InChI=1S/C12H17BrN2O.ClH/c1-12(2,11(16)15-8-7-14)9-3-5-10(13)6-4-9;/h3-6H,7-8,14H2,1-2H3,(H,15,16);1H. The van der Waals surface area contributed by atoms with E-state index in [1.165, 1.54) is 0 Å². The molecule has 17 heavy (non-hydrogen) atoms. The number of nitrogens with one attached hydrogen (secondary N) is 1. The summed E-state index contributed by atoms with van der Waals surface area (Å²) in [5.74, 6) is 0.000252. The lowest BCUT2D eigenvalue weighted by Crippen LogP contribution is -2.42. The van der Waals surface area contributed by atoms with Crippen LogP contribution in [0.5, 0.6) is 0 Å². The van der Waals surface area contributed by atoms with Gasteiger partial charge in [0.25, 0.3) is 0 Å². The number of hydrogen-bond acceptors (Lipinski definition) is 2. The first-order valence-electron chi connectivity index (χ1n) is 5.23. The number of hydrogen-bond donors (Lipinski definition) is 2. The molecule has 5 heteroatoms. The van der Waals surface area contributed by atoms with Gasteiger partial charge in [0.05, 0.1) is 5.41 Å². The third-order valence-corrected chi connectivity index (χ3v) is 3.09. The van der Waals surface area contributed by atoms with Gasteiger partial charge in [0.1, 0.15) is 0 Å². The third kappa shape index (κ3) is 4.30. The van der Waals surface area contributed by atoms with Crippen molar-refractivity contribution in [1.82, 2.24) is 5.32 Å². The SMILES string of the molecule is CC(C)(C(=O)NCCN)c1ccc(Br)cc1.Cl. The van der Waals surface area contributed by atoms with E-state index in [4.69, 9.17) is 5.73 Å². The van der Waals surface area contributed by atoms with Gasteiger partial charge in [-0.25, -0.2) is 0 Å². The maximum Gasteiger partial charge on any atom is 0.230 e. The molecule has 1 aromatic rings. The van der Waals surface area contributed by atoms with Crippen LogP contribution in [-0.2, 0) is 10.2 Å². The van der Waals surface area contributed by atoms with Gasteiger partial charge in [0.2, 0.25) is 5.91 Å². The van der Waals surface area contributed by atoms with Crippen LogP contribution in [0.4, 0.5) is 0 Å². The Bertz CT molecular complexity index is 365. The first-order chi connectivity index (χ1) is 7.48. The van der Waals surface area contributed by atoms with E-state index >= 15 is 0 Å². The Morgan fingerprint density at radius 1 is 1.35 bits per heavy atom. The summed E-state index contributed by atoms with van der Waals surface area (Å²) in [4.78, 5) is 11.9. The van der Waals surface area contributed by atoms with Crippen molar-refractivity contribution in [3.63, 3.8) is 0 Å². The molecule has 0 unspecified atom stereocenters. The summed E-state index contributed by atoms with van der Waals surface area (Å²) in [7, 11) is 0. The molecule has 0 atom stereocenters. The highest BCUT2D eigenvalue weighted by Gasteiger charge is 2.29. The Morgan fingerprint density at radius 2 is 1.88 bits per heavy atom. The molecule has 0 aliphatic rings. The molecule has 1 aromatic carbocycles. The van der Waals surface area contributed by atoms with Crippen LogP contribution in [0.25, 0.3) is 0 Å². The molecule has 0 spiro atoms. The van der Waals surface area contributed by atoms with Crippen LogP contribution in [0.1, 0.15) is 19.4 Å². The van der Waals surface area contributed by atoms with E-state index < -0.39 is 5.41 Å². The summed E-state index contributed by atoms with van der Waals surface area (Å²) < 4.78 is 1.01. The summed E-state index contributed by atoms with van der Waals surface area (Å²) in [6.45, 7) is 4.78. The van der Waals surface area contributed by atoms with Gasteiger partial charge in [0.15, 0.2) is 0 Å². The zero-order valence-electron chi connectivity index (χ0n) is 10.00. The van der Waals surface area contributed by atoms with Crippen LogP contribution < -0.4 is 11.1 Å². The van der Waals surface area contributed by atoms with Gasteiger partial charge in [0, 0.05) is 17.6 Å².